The van der Waals surface area contributed by atoms with Crippen molar-refractivity contribution in [2.75, 3.05) is 0 Å². The van der Waals surface area contributed by atoms with Gasteiger partial charge in [0.15, 0.2) is 11.5 Å². The number of hydrogen-bond acceptors (Lipinski definition) is 4. The maximum Gasteiger partial charge on any atom is 0.183 e. The van der Waals surface area contributed by atoms with E-state index < -0.39 is 11.6 Å². The van der Waals surface area contributed by atoms with Crippen molar-refractivity contribution in [2.24, 2.45) is 17.6 Å². The molecule has 0 aromatic rings. The monoisotopic (exact) mass is 632 g/mol. The molecule has 264 valence electrons. The third-order valence-corrected chi connectivity index (χ3v) is 9.28. The SMILES string of the molecule is CCCCCCCC/C=C\CCCCCCCC(=O)C(C(C)C)C(N)(O)C(=O)CCCCCCC/C=C\CCCCCCCC. The summed E-state index contributed by atoms with van der Waals surface area (Å²) >= 11 is 0. The minimum Gasteiger partial charge on any atom is -0.368 e. The highest BCUT2D eigenvalue weighted by Gasteiger charge is 2.44. The van der Waals surface area contributed by atoms with Gasteiger partial charge in [-0.15, -0.1) is 0 Å². The molecule has 45 heavy (non-hydrogen) atoms. The van der Waals surface area contributed by atoms with Crippen molar-refractivity contribution >= 4 is 11.6 Å². The van der Waals surface area contributed by atoms with Crippen LogP contribution in [0.5, 0.6) is 0 Å². The van der Waals surface area contributed by atoms with Crippen molar-refractivity contribution in [3.05, 3.63) is 24.3 Å². The van der Waals surface area contributed by atoms with E-state index in [1.165, 1.54) is 109 Å². The van der Waals surface area contributed by atoms with Crippen LogP contribution in [0.1, 0.15) is 207 Å². The average molecular weight is 632 g/mol. The lowest BCUT2D eigenvalue weighted by Crippen LogP contribution is -2.58. The van der Waals surface area contributed by atoms with E-state index in [4.69, 9.17) is 5.73 Å². The Bertz CT molecular complexity index is 739. The zero-order valence-electron chi connectivity index (χ0n) is 30.6. The summed E-state index contributed by atoms with van der Waals surface area (Å²) in [5.74, 6) is -1.44. The Labute approximate surface area is 280 Å². The molecule has 2 atom stereocenters. The van der Waals surface area contributed by atoms with Gasteiger partial charge in [-0.1, -0.05) is 155 Å². The molecule has 0 aliphatic carbocycles. The Hall–Kier alpha value is -1.26. The first kappa shape index (κ1) is 43.7. The molecule has 0 spiro atoms. The van der Waals surface area contributed by atoms with E-state index in [9.17, 15) is 14.7 Å². The van der Waals surface area contributed by atoms with Crippen LogP contribution >= 0.6 is 0 Å². The van der Waals surface area contributed by atoms with E-state index in [1.807, 2.05) is 13.8 Å². The average Bonchev–Trinajstić information content (AvgIpc) is 3.00. The van der Waals surface area contributed by atoms with Crippen LogP contribution < -0.4 is 5.73 Å². The maximum atomic E-state index is 13.1. The summed E-state index contributed by atoms with van der Waals surface area (Å²) in [5, 5.41) is 11.0. The zero-order chi connectivity index (χ0) is 33.4. The predicted molar refractivity (Wildman–Crippen MR) is 196 cm³/mol. The molecule has 0 heterocycles. The molecule has 0 aromatic heterocycles. The van der Waals surface area contributed by atoms with Gasteiger partial charge in [-0.2, -0.15) is 0 Å². The largest absolute Gasteiger partial charge is 0.368 e. The summed E-state index contributed by atoms with van der Waals surface area (Å²) in [6, 6.07) is 0. The molecule has 0 aromatic carbocycles. The Morgan fingerprint density at radius 3 is 1.20 bits per heavy atom. The van der Waals surface area contributed by atoms with E-state index in [2.05, 4.69) is 38.2 Å². The number of Topliss-reactive ketones (excluding diaryl/α,β-unsaturated/α-hetero) is 2. The number of aliphatic hydroxyl groups is 1. The van der Waals surface area contributed by atoms with E-state index in [1.54, 1.807) is 0 Å². The summed E-state index contributed by atoms with van der Waals surface area (Å²) in [6.07, 6.45) is 41.3. The highest BCUT2D eigenvalue weighted by atomic mass is 16.3. The van der Waals surface area contributed by atoms with Gasteiger partial charge in [-0.25, -0.2) is 0 Å². The number of rotatable bonds is 34. The van der Waals surface area contributed by atoms with Gasteiger partial charge in [0.05, 0.1) is 5.92 Å². The highest BCUT2D eigenvalue weighted by Crippen LogP contribution is 2.27. The van der Waals surface area contributed by atoms with Crippen LogP contribution in [0.3, 0.4) is 0 Å². The quantitative estimate of drug-likeness (QED) is 0.0420. The van der Waals surface area contributed by atoms with Crippen LogP contribution in [0.4, 0.5) is 0 Å². The zero-order valence-corrected chi connectivity index (χ0v) is 30.6. The van der Waals surface area contributed by atoms with Crippen LogP contribution in [0, 0.1) is 11.8 Å². The Morgan fingerprint density at radius 2 is 0.844 bits per heavy atom. The fraction of sp³-hybridized carbons (Fsp3) is 0.854. The van der Waals surface area contributed by atoms with Crippen molar-refractivity contribution < 1.29 is 14.7 Å². The van der Waals surface area contributed by atoms with Crippen molar-refractivity contribution in [3.63, 3.8) is 0 Å². The number of hydrogen-bond donors (Lipinski definition) is 2. The molecule has 0 aliphatic rings. The van der Waals surface area contributed by atoms with Crippen molar-refractivity contribution in [2.45, 2.75) is 213 Å². The molecule has 0 amide bonds. The number of carbonyl (C=O) groups is 2. The lowest BCUT2D eigenvalue weighted by molar-refractivity contribution is -0.153. The van der Waals surface area contributed by atoms with Gasteiger partial charge in [0.1, 0.15) is 5.78 Å². The molecule has 0 saturated heterocycles. The molecule has 0 rings (SSSR count). The van der Waals surface area contributed by atoms with E-state index in [-0.39, 0.29) is 23.9 Å². The van der Waals surface area contributed by atoms with Crippen molar-refractivity contribution in [1.82, 2.24) is 0 Å². The molecule has 2 unspecified atom stereocenters. The van der Waals surface area contributed by atoms with Crippen LogP contribution in [0.25, 0.3) is 0 Å². The van der Waals surface area contributed by atoms with Gasteiger partial charge in [0.2, 0.25) is 0 Å². The van der Waals surface area contributed by atoms with Crippen LogP contribution in [0.2, 0.25) is 0 Å². The van der Waals surface area contributed by atoms with Gasteiger partial charge in [0, 0.05) is 12.8 Å². The summed E-state index contributed by atoms with van der Waals surface area (Å²) in [6.45, 7) is 8.29. The third kappa shape index (κ3) is 25.5. The Balaban J connectivity index is 4.02. The molecule has 0 bridgehead atoms. The number of carbonyl (C=O) groups excluding carboxylic acids is 2. The molecule has 0 radical (unpaired) electrons. The maximum absolute atomic E-state index is 13.1. The number of nitrogens with two attached hydrogens (primary N) is 1. The Kier molecular flexibility index (Phi) is 30.5. The van der Waals surface area contributed by atoms with Crippen LogP contribution in [0.15, 0.2) is 24.3 Å². The minimum absolute atomic E-state index is 0.0643. The number of allylic oxidation sites excluding steroid dienone is 4. The first-order chi connectivity index (χ1) is 21.8. The molecule has 4 nitrogen and oxygen atoms in total. The van der Waals surface area contributed by atoms with E-state index in [0.29, 0.717) is 6.42 Å². The summed E-state index contributed by atoms with van der Waals surface area (Å²) < 4.78 is 0. The minimum atomic E-state index is -2.06. The normalized spacial score (nSPS) is 14.1. The van der Waals surface area contributed by atoms with Crippen molar-refractivity contribution in [3.8, 4) is 0 Å². The Morgan fingerprint density at radius 1 is 0.533 bits per heavy atom. The van der Waals surface area contributed by atoms with E-state index >= 15 is 0 Å². The fourth-order valence-electron chi connectivity index (χ4n) is 6.38. The van der Waals surface area contributed by atoms with Crippen molar-refractivity contribution in [1.29, 1.82) is 0 Å². The predicted octanol–water partition coefficient (Wildman–Crippen LogP) is 12.1. The molecule has 0 fully saturated rings. The number of unbranched alkanes of at least 4 members (excludes halogenated alkanes) is 22. The van der Waals surface area contributed by atoms with Crippen LogP contribution in [-0.2, 0) is 9.59 Å². The molecule has 0 saturated carbocycles. The lowest BCUT2D eigenvalue weighted by Gasteiger charge is -2.33. The smallest absolute Gasteiger partial charge is 0.183 e. The number of ketones is 2. The molecular weight excluding hydrogens is 554 g/mol. The first-order valence-electron chi connectivity index (χ1n) is 19.7. The summed E-state index contributed by atoms with van der Waals surface area (Å²) in [4.78, 5) is 26.0. The van der Waals surface area contributed by atoms with E-state index in [0.717, 1.165) is 57.8 Å². The van der Waals surface area contributed by atoms with Gasteiger partial charge < -0.3 is 5.11 Å². The lowest BCUT2D eigenvalue weighted by atomic mass is 9.78. The molecule has 3 N–H and O–H groups in total. The molecular formula is C41H77NO3. The van der Waals surface area contributed by atoms with Gasteiger partial charge in [0.25, 0.3) is 0 Å². The van der Waals surface area contributed by atoms with Gasteiger partial charge >= 0.3 is 0 Å². The first-order valence-corrected chi connectivity index (χ1v) is 19.7. The molecule has 0 aliphatic heterocycles. The second-order valence-corrected chi connectivity index (χ2v) is 14.1. The van der Waals surface area contributed by atoms with Gasteiger partial charge in [-0.3, -0.25) is 15.3 Å². The molecule has 4 heteroatoms. The third-order valence-electron chi connectivity index (χ3n) is 9.28. The summed E-state index contributed by atoms with van der Waals surface area (Å²) in [5.41, 5.74) is 4.13. The fourth-order valence-corrected chi connectivity index (χ4v) is 6.38. The second kappa shape index (κ2) is 31.3. The van der Waals surface area contributed by atoms with Crippen LogP contribution in [-0.4, -0.2) is 22.4 Å². The summed E-state index contributed by atoms with van der Waals surface area (Å²) in [7, 11) is 0. The standard InChI is InChI=1S/C41H77NO3/c1-5-7-9-11-13-15-17-19-21-23-25-27-29-31-33-35-38(43)40(37(3)4)41(42,45)39(44)36-34-32-30-28-26-24-22-20-18-16-14-12-10-8-6-2/h19-22,37,40,45H,5-18,23-36,42H2,1-4H3/b21-19-,22-20-. The van der Waals surface area contributed by atoms with Gasteiger partial charge in [-0.05, 0) is 70.1 Å². The highest BCUT2D eigenvalue weighted by molar-refractivity contribution is 5.94. The topological polar surface area (TPSA) is 80.4 Å². The second-order valence-electron chi connectivity index (χ2n) is 14.1.